The number of nitrogens with zero attached hydrogens (tertiary/aromatic N) is 2. The maximum Gasteiger partial charge on any atom is 0.173 e. The molecule has 2 heterocycles. The molecule has 4 nitrogen and oxygen atoms in total. The average molecular weight is 382 g/mol. The number of anilines is 1. The van der Waals surface area contributed by atoms with Crippen LogP contribution in [0, 0.1) is 6.92 Å². The summed E-state index contributed by atoms with van der Waals surface area (Å²) in [5.74, 6) is 0. The van der Waals surface area contributed by atoms with E-state index in [1.54, 1.807) is 0 Å². The van der Waals surface area contributed by atoms with Gasteiger partial charge in [0.1, 0.15) is 0 Å². The van der Waals surface area contributed by atoms with Gasteiger partial charge in [-0.1, -0.05) is 17.7 Å². The Hall–Kier alpha value is -0.880. The van der Waals surface area contributed by atoms with Crippen molar-refractivity contribution in [2.24, 2.45) is 0 Å². The molecule has 0 spiro atoms. The Morgan fingerprint density at radius 1 is 1.36 bits per heavy atom. The number of piperidine rings is 1. The Kier molecular flexibility index (Phi) is 6.55. The predicted octanol–water partition coefficient (Wildman–Crippen LogP) is 3.92. The first-order valence-corrected chi connectivity index (χ1v) is 9.95. The highest BCUT2D eigenvalue weighted by Gasteiger charge is 2.26. The second-order valence-corrected chi connectivity index (χ2v) is 7.98. The van der Waals surface area contributed by atoms with E-state index in [4.69, 9.17) is 28.6 Å². The van der Waals surface area contributed by atoms with Gasteiger partial charge in [-0.3, -0.25) is 0 Å². The largest absolute Gasteiger partial charge is 0.377 e. The molecule has 0 amide bonds. The number of hydrogen-bond donors (Lipinski definition) is 1. The molecule has 2 fully saturated rings. The number of likely N-dealkylation sites (N-methyl/N-ethyl adjacent to an activating group) is 1. The summed E-state index contributed by atoms with van der Waals surface area (Å²) in [6, 6.07) is 6.60. The normalized spacial score (nSPS) is 21.8. The van der Waals surface area contributed by atoms with Gasteiger partial charge in [-0.2, -0.15) is 0 Å². The molecule has 2 aliphatic rings. The highest BCUT2D eigenvalue weighted by Crippen LogP contribution is 2.22. The number of hydrogen-bond acceptors (Lipinski definition) is 3. The molecule has 138 valence electrons. The molecule has 0 unspecified atom stereocenters. The van der Waals surface area contributed by atoms with Crippen molar-refractivity contribution in [1.29, 1.82) is 0 Å². The maximum absolute atomic E-state index is 6.19. The Labute approximate surface area is 161 Å². The molecule has 0 radical (unpaired) electrons. The predicted molar refractivity (Wildman–Crippen MR) is 109 cm³/mol. The van der Waals surface area contributed by atoms with Crippen LogP contribution in [-0.4, -0.2) is 60.3 Å². The van der Waals surface area contributed by atoms with E-state index in [9.17, 15) is 0 Å². The lowest BCUT2D eigenvalue weighted by atomic mass is 10.0. The summed E-state index contributed by atoms with van der Waals surface area (Å²) < 4.78 is 5.76. The van der Waals surface area contributed by atoms with E-state index in [0.29, 0.717) is 12.1 Å². The van der Waals surface area contributed by atoms with Gasteiger partial charge in [-0.15, -0.1) is 0 Å². The molecule has 2 aliphatic heterocycles. The number of aryl methyl sites for hydroxylation is 1. The van der Waals surface area contributed by atoms with Crippen LogP contribution in [0.5, 0.6) is 0 Å². The molecule has 1 N–H and O–H groups in total. The highest BCUT2D eigenvalue weighted by atomic mass is 35.5. The zero-order valence-electron chi connectivity index (χ0n) is 15.1. The van der Waals surface area contributed by atoms with Crippen molar-refractivity contribution in [3.05, 3.63) is 28.8 Å². The van der Waals surface area contributed by atoms with Gasteiger partial charge >= 0.3 is 0 Å². The minimum Gasteiger partial charge on any atom is -0.377 e. The van der Waals surface area contributed by atoms with E-state index in [1.165, 1.54) is 12.8 Å². The quantitative estimate of drug-likeness (QED) is 0.798. The summed E-state index contributed by atoms with van der Waals surface area (Å²) in [7, 11) is 2.23. The number of thiocarbonyl (C=S) groups is 1. The number of ether oxygens (including phenoxy) is 1. The summed E-state index contributed by atoms with van der Waals surface area (Å²) in [5.41, 5.74) is 2.03. The molecule has 0 aromatic heterocycles. The summed E-state index contributed by atoms with van der Waals surface area (Å²) >= 11 is 11.8. The third-order valence-corrected chi connectivity index (χ3v) is 6.08. The molecule has 0 saturated carbocycles. The molecule has 2 saturated heterocycles. The molecule has 25 heavy (non-hydrogen) atoms. The summed E-state index contributed by atoms with van der Waals surface area (Å²) in [5, 5.41) is 4.88. The first-order valence-electron chi connectivity index (χ1n) is 9.17. The van der Waals surface area contributed by atoms with Gasteiger partial charge in [0, 0.05) is 43.0 Å². The fraction of sp³-hybridized carbons (Fsp3) is 0.632. The van der Waals surface area contributed by atoms with Crippen molar-refractivity contribution >= 4 is 34.6 Å². The Balaban J connectivity index is 1.46. The van der Waals surface area contributed by atoms with Crippen LogP contribution in [0.2, 0.25) is 5.02 Å². The average Bonchev–Trinajstić information content (AvgIpc) is 3.11. The van der Waals surface area contributed by atoms with E-state index >= 15 is 0 Å². The van der Waals surface area contributed by atoms with Crippen LogP contribution in [0.1, 0.15) is 31.2 Å². The van der Waals surface area contributed by atoms with Crippen LogP contribution in [0.3, 0.4) is 0 Å². The smallest absolute Gasteiger partial charge is 0.173 e. The lowest BCUT2D eigenvalue weighted by Crippen LogP contribution is -2.48. The van der Waals surface area contributed by atoms with Crippen LogP contribution in [0.25, 0.3) is 0 Å². The molecular weight excluding hydrogens is 354 g/mol. The number of rotatable bonds is 4. The number of benzene rings is 1. The summed E-state index contributed by atoms with van der Waals surface area (Å²) in [4.78, 5) is 4.74. The molecule has 0 bridgehead atoms. The lowest BCUT2D eigenvalue weighted by molar-refractivity contribution is 0.0576. The molecule has 1 aromatic rings. The second kappa shape index (κ2) is 8.67. The third kappa shape index (κ3) is 5.07. The fourth-order valence-corrected chi connectivity index (χ4v) is 4.12. The van der Waals surface area contributed by atoms with Gasteiger partial charge in [0.2, 0.25) is 0 Å². The maximum atomic E-state index is 6.19. The molecular formula is C19H28ClN3OS. The SMILES string of the molecule is Cc1ccc(NC(=S)N2CCC(N(C)C[C@H]3CCCO3)CC2)cc1Cl. The Bertz CT molecular complexity index is 598. The van der Waals surface area contributed by atoms with Gasteiger partial charge in [0.05, 0.1) is 6.10 Å². The Morgan fingerprint density at radius 2 is 2.12 bits per heavy atom. The van der Waals surface area contributed by atoms with Crippen LogP contribution in [0.15, 0.2) is 18.2 Å². The topological polar surface area (TPSA) is 27.7 Å². The van der Waals surface area contributed by atoms with E-state index in [-0.39, 0.29) is 0 Å². The molecule has 1 atom stereocenters. The van der Waals surface area contributed by atoms with Crippen LogP contribution in [0.4, 0.5) is 5.69 Å². The van der Waals surface area contributed by atoms with Crippen molar-refractivity contribution < 1.29 is 4.74 Å². The third-order valence-electron chi connectivity index (χ3n) is 5.31. The van der Waals surface area contributed by atoms with Gasteiger partial charge < -0.3 is 19.9 Å². The first-order chi connectivity index (χ1) is 12.0. The zero-order valence-corrected chi connectivity index (χ0v) is 16.7. The van der Waals surface area contributed by atoms with Crippen molar-refractivity contribution in [1.82, 2.24) is 9.80 Å². The summed E-state index contributed by atoms with van der Waals surface area (Å²) in [6.07, 6.45) is 5.12. The van der Waals surface area contributed by atoms with Crippen molar-refractivity contribution in [2.45, 2.75) is 44.8 Å². The second-order valence-electron chi connectivity index (χ2n) is 7.19. The van der Waals surface area contributed by atoms with Gasteiger partial charge in [-0.25, -0.2) is 0 Å². The minimum absolute atomic E-state index is 0.428. The monoisotopic (exact) mass is 381 g/mol. The first kappa shape index (κ1) is 18.9. The van der Waals surface area contributed by atoms with Gasteiger partial charge in [0.25, 0.3) is 0 Å². The van der Waals surface area contributed by atoms with Crippen LogP contribution in [-0.2, 0) is 4.74 Å². The zero-order chi connectivity index (χ0) is 17.8. The number of nitrogens with one attached hydrogen (secondary N) is 1. The fourth-order valence-electron chi connectivity index (χ4n) is 3.64. The number of likely N-dealkylation sites (tertiary alicyclic amines) is 1. The van der Waals surface area contributed by atoms with Crippen molar-refractivity contribution in [3.8, 4) is 0 Å². The van der Waals surface area contributed by atoms with Crippen molar-refractivity contribution in [3.63, 3.8) is 0 Å². The molecule has 1 aromatic carbocycles. The van der Waals surface area contributed by atoms with Gasteiger partial charge in [-0.05, 0) is 69.6 Å². The highest BCUT2D eigenvalue weighted by molar-refractivity contribution is 7.80. The van der Waals surface area contributed by atoms with E-state index in [2.05, 4.69) is 22.2 Å². The summed E-state index contributed by atoms with van der Waals surface area (Å²) in [6.45, 7) is 5.97. The van der Waals surface area contributed by atoms with E-state index < -0.39 is 0 Å². The molecule has 3 rings (SSSR count). The number of halogens is 1. The minimum atomic E-state index is 0.428. The van der Waals surface area contributed by atoms with Gasteiger partial charge in [0.15, 0.2) is 5.11 Å². The van der Waals surface area contributed by atoms with E-state index in [0.717, 1.165) is 60.5 Å². The Morgan fingerprint density at radius 3 is 2.76 bits per heavy atom. The molecule has 6 heteroatoms. The van der Waals surface area contributed by atoms with E-state index in [1.807, 2.05) is 25.1 Å². The standard InChI is InChI=1S/C19H28ClN3OS/c1-14-5-6-15(12-18(14)20)21-19(25)23-9-7-16(8-10-23)22(2)13-17-4-3-11-24-17/h5-6,12,16-17H,3-4,7-11,13H2,1-2H3,(H,21,25)/t17-/m1/s1. The lowest BCUT2D eigenvalue weighted by Gasteiger charge is -2.38. The van der Waals surface area contributed by atoms with Crippen LogP contribution < -0.4 is 5.32 Å². The van der Waals surface area contributed by atoms with Crippen LogP contribution >= 0.6 is 23.8 Å². The van der Waals surface area contributed by atoms with Crippen molar-refractivity contribution in [2.75, 3.05) is 38.6 Å². The molecule has 0 aliphatic carbocycles.